The van der Waals surface area contributed by atoms with Crippen molar-refractivity contribution in [2.45, 2.75) is 133 Å². The molecule has 28 nitrogen and oxygen atoms in total. The number of ether oxygens (including phenoxy) is 5. The first-order valence-corrected chi connectivity index (χ1v) is 51.8. The molecule has 33 heteroatoms. The topological polar surface area (TPSA) is 371 Å². The Balaban J connectivity index is 0.000000164. The number of hydrogen-bond donors (Lipinski definition) is 3. The first-order chi connectivity index (χ1) is 65.4. The number of carbonyl (C=O) groups is 5. The maximum atomic E-state index is 13.5. The lowest BCUT2D eigenvalue weighted by atomic mass is 9.92. The van der Waals surface area contributed by atoms with Crippen LogP contribution in [0.3, 0.4) is 0 Å². The molecule has 0 bridgehead atoms. The highest BCUT2D eigenvalue weighted by Crippen LogP contribution is 2.45. The van der Waals surface area contributed by atoms with E-state index in [2.05, 4.69) is 17.8 Å². The molecule has 0 aromatic heterocycles. The number of aliphatic carboxylic acids is 1. The minimum absolute atomic E-state index is 0.0177. The number of likely N-dealkylation sites (tertiary alicyclic amines) is 5. The summed E-state index contributed by atoms with van der Waals surface area (Å²) in [6.45, 7) is 9.89. The number of para-hydroxylation sites is 5. The molecule has 0 saturated carbocycles. The number of terminal acetylenes is 3. The molecule has 15 rings (SSSR count). The number of ketones is 3. The monoisotopic (exact) mass is 1960 g/mol. The number of nitrogens with zero attached hydrogens (tertiary/aromatic N) is 5. The van der Waals surface area contributed by atoms with Crippen LogP contribution in [0.2, 0.25) is 0 Å². The number of carbonyl (C=O) groups excluding carboxylic acids is 4. The van der Waals surface area contributed by atoms with Crippen molar-refractivity contribution in [3.05, 3.63) is 273 Å². The molecule has 5 fully saturated rings. The zero-order valence-corrected chi connectivity index (χ0v) is 80.9. The second-order valence-corrected chi connectivity index (χ2v) is 45.2. The molecule has 5 aliphatic rings. The molecule has 5 saturated heterocycles. The van der Waals surface area contributed by atoms with Gasteiger partial charge >= 0.3 is 5.97 Å². The standard InChI is InChI=1S/C22H23NO4S.C21H22N2O5S.C21H21NO5S.2C20H23NO4S/c1-3-14-23-15-12-22(13-16-23,18(2)24)28(25,26)21-11-7-10-20(17-21)27-19-8-5-4-6-9-19;1-2-13-23-14-11-21(12-15-23,20(24)22-25)29(26,27)19-10-6-9-18(16-19)28-17-7-4-3-5-8-17;1-2-13-22-14-11-21(12-15-22,20(23)24)28(25,26)19-10-6-9-18(16-19)27-17-7-4-3-5-8-17;2*1-16(22)20(11-13-21(2)14-12-20)26(23,24)19-10-6-9-18(15-19)25-17-7-4-3-5-8-17/h1,4-11,17H,12-16H2,2H3;1,3-10,16,25H,11-15H2,(H,22,24);1,3-10,16H,11-15H2,(H,23,24);2*3-10,15H,11-14H2,1-2H3. The first-order valence-electron chi connectivity index (χ1n) is 44.3. The number of nitrogens with one attached hydrogen (secondary N) is 1. The number of amides is 1. The quantitative estimate of drug-likeness (QED) is 0.0233. The molecule has 5 heterocycles. The molecular formula is C104H112N6O22S5. The van der Waals surface area contributed by atoms with E-state index in [-0.39, 0.29) is 80.4 Å². The van der Waals surface area contributed by atoms with Crippen LogP contribution in [0.4, 0.5) is 0 Å². The summed E-state index contributed by atoms with van der Waals surface area (Å²) in [6.07, 6.45) is 17.7. The van der Waals surface area contributed by atoms with Crippen molar-refractivity contribution in [1.82, 2.24) is 30.0 Å². The molecule has 10 aromatic carbocycles. The van der Waals surface area contributed by atoms with Crippen molar-refractivity contribution in [3.8, 4) is 94.5 Å². The summed E-state index contributed by atoms with van der Waals surface area (Å²) in [5, 5.41) is 19.1. The number of Topliss-reactive ketones (excluding diaryl/α,β-unsaturated/α-hetero) is 3. The zero-order valence-electron chi connectivity index (χ0n) is 76.8. The van der Waals surface area contributed by atoms with Gasteiger partial charge in [-0.1, -0.05) is 139 Å². The van der Waals surface area contributed by atoms with Gasteiger partial charge in [-0.2, -0.15) is 0 Å². The summed E-state index contributed by atoms with van der Waals surface area (Å²) in [6, 6.07) is 76.5. The number of sulfone groups is 5. The summed E-state index contributed by atoms with van der Waals surface area (Å²) < 4.78 is 155. The Morgan fingerprint density at radius 1 is 0.292 bits per heavy atom. The van der Waals surface area contributed by atoms with Crippen LogP contribution in [-0.4, -0.2) is 229 Å². The largest absolute Gasteiger partial charge is 0.480 e. The predicted octanol–water partition coefficient (Wildman–Crippen LogP) is 15.0. The van der Waals surface area contributed by atoms with Gasteiger partial charge in [0, 0.05) is 39.3 Å². The molecule has 0 radical (unpaired) electrons. The number of hydroxylamine groups is 1. The van der Waals surface area contributed by atoms with E-state index in [9.17, 15) is 76.4 Å². The van der Waals surface area contributed by atoms with Crippen LogP contribution in [0.1, 0.15) is 85.0 Å². The molecule has 0 atom stereocenters. The Kier molecular flexibility index (Phi) is 35.5. The highest BCUT2D eigenvalue weighted by atomic mass is 32.2. The van der Waals surface area contributed by atoms with Gasteiger partial charge in [0.2, 0.25) is 0 Å². The highest BCUT2D eigenvalue weighted by Gasteiger charge is 2.57. The Morgan fingerprint density at radius 3 is 0.672 bits per heavy atom. The van der Waals surface area contributed by atoms with Crippen molar-refractivity contribution in [1.29, 1.82) is 0 Å². The average Bonchev–Trinajstić information content (AvgIpc) is 0.753. The Morgan fingerprint density at radius 2 is 0.474 bits per heavy atom. The van der Waals surface area contributed by atoms with Crippen molar-refractivity contribution in [2.75, 3.05) is 99.2 Å². The minimum Gasteiger partial charge on any atom is -0.480 e. The maximum Gasteiger partial charge on any atom is 0.325 e. The normalized spacial score (nSPS) is 17.1. The van der Waals surface area contributed by atoms with Crippen molar-refractivity contribution in [3.63, 3.8) is 0 Å². The molecule has 10 aromatic rings. The third kappa shape index (κ3) is 24.3. The van der Waals surface area contributed by atoms with E-state index in [1.165, 1.54) is 81.4 Å². The van der Waals surface area contributed by atoms with Gasteiger partial charge in [-0.3, -0.25) is 43.9 Å². The number of carboxylic acids is 1. The van der Waals surface area contributed by atoms with Crippen LogP contribution in [0.15, 0.2) is 297 Å². The molecule has 0 aliphatic carbocycles. The Hall–Kier alpha value is -12.7. The SMILES string of the molecule is C#CCN1CCC(C(=O)NO)(S(=O)(=O)c2cccc(Oc3ccccc3)c2)CC1.C#CCN1CCC(C(=O)O)(S(=O)(=O)c2cccc(Oc3ccccc3)c2)CC1.C#CCN1CCC(C(C)=O)(S(=O)(=O)c2cccc(Oc3ccccc3)c2)CC1.CC(=O)C1(S(=O)(=O)c2cccc(Oc3ccccc3)c2)CCN(C)CC1.CC(=O)C1(S(=O)(=O)c2cccc(Oc3ccccc3)c2)CCN(C)CC1. The molecule has 5 aliphatic heterocycles. The predicted molar refractivity (Wildman–Crippen MR) is 521 cm³/mol. The number of benzene rings is 10. The second-order valence-electron chi connectivity index (χ2n) is 33.9. The molecule has 3 N–H and O–H groups in total. The average molecular weight is 1960 g/mol. The van der Waals surface area contributed by atoms with Crippen LogP contribution >= 0.6 is 0 Å². The minimum atomic E-state index is -4.13. The van der Waals surface area contributed by atoms with Gasteiger partial charge in [0.15, 0.2) is 76.0 Å². The lowest BCUT2D eigenvalue weighted by Gasteiger charge is -2.38. The zero-order chi connectivity index (χ0) is 98.9. The van der Waals surface area contributed by atoms with Gasteiger partial charge in [0.1, 0.15) is 71.7 Å². The smallest absolute Gasteiger partial charge is 0.325 e. The van der Waals surface area contributed by atoms with Gasteiger partial charge in [-0.05, 0) is 277 Å². The van der Waals surface area contributed by atoms with E-state index >= 15 is 0 Å². The van der Waals surface area contributed by atoms with E-state index in [1.54, 1.807) is 151 Å². The molecule has 0 spiro atoms. The summed E-state index contributed by atoms with van der Waals surface area (Å²) in [5.41, 5.74) is 1.54. The van der Waals surface area contributed by atoms with Crippen molar-refractivity contribution < 1.29 is 100 Å². The Labute approximate surface area is 802 Å². The first kappa shape index (κ1) is 105. The van der Waals surface area contributed by atoms with Gasteiger partial charge in [0.25, 0.3) is 5.91 Å². The van der Waals surface area contributed by atoms with Gasteiger partial charge in [0.05, 0.1) is 44.1 Å². The van der Waals surface area contributed by atoms with Crippen LogP contribution in [0.25, 0.3) is 0 Å². The number of piperidine rings is 5. The third-order valence-electron chi connectivity index (χ3n) is 25.4. The molecule has 1 amide bonds. The van der Waals surface area contributed by atoms with Gasteiger partial charge in [-0.15, -0.1) is 19.3 Å². The van der Waals surface area contributed by atoms with Crippen LogP contribution in [0, 0.1) is 37.0 Å². The lowest BCUT2D eigenvalue weighted by Crippen LogP contribution is -2.57. The fourth-order valence-electron chi connectivity index (χ4n) is 17.1. The fourth-order valence-corrected chi connectivity index (χ4v) is 27.2. The van der Waals surface area contributed by atoms with Crippen LogP contribution in [0.5, 0.6) is 57.5 Å². The summed E-state index contributed by atoms with van der Waals surface area (Å²) in [7, 11) is -15.9. The van der Waals surface area contributed by atoms with E-state index in [0.29, 0.717) is 168 Å². The number of hydrogen-bond acceptors (Lipinski definition) is 26. The summed E-state index contributed by atoms with van der Waals surface area (Å²) in [4.78, 5) is 72.0. The number of carboxylic acid groups (broad SMARTS) is 1. The van der Waals surface area contributed by atoms with E-state index in [0.717, 1.165) is 0 Å². The highest BCUT2D eigenvalue weighted by molar-refractivity contribution is 7.95. The van der Waals surface area contributed by atoms with Crippen molar-refractivity contribution >= 4 is 78.4 Å². The molecular weight excluding hydrogens is 1850 g/mol. The van der Waals surface area contributed by atoms with Gasteiger partial charge in [-0.25, -0.2) is 47.6 Å². The fraction of sp³-hybridized carbons (Fsp3) is 0.317. The summed E-state index contributed by atoms with van der Waals surface area (Å²) >= 11 is 0. The lowest BCUT2D eigenvalue weighted by molar-refractivity contribution is -0.141. The van der Waals surface area contributed by atoms with Crippen LogP contribution in [-0.2, 0) is 73.2 Å². The van der Waals surface area contributed by atoms with Gasteiger partial charge < -0.3 is 38.6 Å². The van der Waals surface area contributed by atoms with E-state index in [1.807, 2.05) is 105 Å². The molecule has 720 valence electrons. The number of rotatable bonds is 28. The van der Waals surface area contributed by atoms with Crippen LogP contribution < -0.4 is 29.2 Å². The molecule has 137 heavy (non-hydrogen) atoms. The summed E-state index contributed by atoms with van der Waals surface area (Å²) in [5.74, 6) is 9.35. The second kappa shape index (κ2) is 46.5. The maximum absolute atomic E-state index is 13.5. The molecule has 0 unspecified atom stereocenters. The van der Waals surface area contributed by atoms with Crippen molar-refractivity contribution in [2.24, 2.45) is 0 Å². The Bertz CT molecular complexity index is 6290. The third-order valence-corrected chi connectivity index (χ3v) is 38.2. The van der Waals surface area contributed by atoms with E-state index in [4.69, 9.17) is 43.0 Å². The van der Waals surface area contributed by atoms with E-state index < -0.39 is 84.8 Å².